The third kappa shape index (κ3) is 1.44. The number of hydrogen-bond donors (Lipinski definition) is 1. The highest BCUT2D eigenvalue weighted by atomic mass is 32.2. The lowest BCUT2D eigenvalue weighted by atomic mass is 10.00. The Morgan fingerprint density at radius 3 is 3.14 bits per heavy atom. The molecule has 0 aromatic carbocycles. The predicted octanol–water partition coefficient (Wildman–Crippen LogP) is 0.979. The molecule has 0 bridgehead atoms. The summed E-state index contributed by atoms with van der Waals surface area (Å²) in [5, 5.41) is 8.04. The van der Waals surface area contributed by atoms with Crippen LogP contribution in [0.4, 0.5) is 0 Å². The highest BCUT2D eigenvalue weighted by Crippen LogP contribution is 2.45. The van der Waals surface area contributed by atoms with Gasteiger partial charge >= 0.3 is 0 Å². The highest BCUT2D eigenvalue weighted by molar-refractivity contribution is 8.00. The van der Waals surface area contributed by atoms with E-state index in [2.05, 4.69) is 17.2 Å². The summed E-state index contributed by atoms with van der Waals surface area (Å²) in [5.41, 5.74) is 7.09. The molecule has 1 atom stereocenters. The average molecular weight is 212 g/mol. The molecule has 1 saturated heterocycles. The van der Waals surface area contributed by atoms with Crippen LogP contribution in [0.25, 0.3) is 0 Å². The molecule has 14 heavy (non-hydrogen) atoms. The van der Waals surface area contributed by atoms with Gasteiger partial charge in [0.05, 0.1) is 16.6 Å². The van der Waals surface area contributed by atoms with Gasteiger partial charge in [0.25, 0.3) is 0 Å². The maximum absolute atomic E-state index is 5.89. The lowest BCUT2D eigenvalue weighted by Gasteiger charge is -2.26. The van der Waals surface area contributed by atoms with Crippen molar-refractivity contribution in [3.63, 3.8) is 0 Å². The molecule has 1 aliphatic heterocycles. The predicted molar refractivity (Wildman–Crippen MR) is 58.1 cm³/mol. The van der Waals surface area contributed by atoms with Gasteiger partial charge in [-0.15, -0.1) is 16.9 Å². The van der Waals surface area contributed by atoms with Crippen LogP contribution in [0.3, 0.4) is 0 Å². The molecular weight excluding hydrogens is 196 g/mol. The minimum atomic E-state index is 0.0828. The Morgan fingerprint density at radius 1 is 1.71 bits per heavy atom. The fraction of sp³-hybridized carbons (Fsp3) is 0.778. The van der Waals surface area contributed by atoms with Crippen LogP contribution in [0.1, 0.15) is 25.5 Å². The Kier molecular flexibility index (Phi) is 2.78. The van der Waals surface area contributed by atoms with Crippen molar-refractivity contribution in [1.82, 2.24) is 15.0 Å². The third-order valence-corrected chi connectivity index (χ3v) is 4.44. The van der Waals surface area contributed by atoms with E-state index >= 15 is 0 Å². The lowest BCUT2D eigenvalue weighted by molar-refractivity contribution is 0.511. The van der Waals surface area contributed by atoms with E-state index < -0.39 is 0 Å². The number of nitrogens with zero attached hydrogens (tertiary/aromatic N) is 3. The van der Waals surface area contributed by atoms with Crippen LogP contribution in [0.15, 0.2) is 6.20 Å². The molecule has 1 aromatic rings. The lowest BCUT2D eigenvalue weighted by Crippen LogP contribution is -2.31. The van der Waals surface area contributed by atoms with Crippen molar-refractivity contribution < 1.29 is 0 Å². The second-order valence-corrected chi connectivity index (χ2v) is 5.06. The molecule has 0 amide bonds. The van der Waals surface area contributed by atoms with Gasteiger partial charge in [0.2, 0.25) is 0 Å². The average Bonchev–Trinajstić information content (AvgIpc) is 2.86. The molecule has 0 spiro atoms. The second kappa shape index (κ2) is 3.90. The summed E-state index contributed by atoms with van der Waals surface area (Å²) in [7, 11) is 0. The quantitative estimate of drug-likeness (QED) is 0.811. The molecule has 1 aromatic heterocycles. The molecule has 1 unspecified atom stereocenters. The second-order valence-electron chi connectivity index (χ2n) is 3.59. The first-order valence-corrected chi connectivity index (χ1v) is 6.04. The summed E-state index contributed by atoms with van der Waals surface area (Å²) < 4.78 is 2.05. The number of aryl methyl sites for hydroxylation is 1. The first-order valence-electron chi connectivity index (χ1n) is 5.05. The molecule has 78 valence electrons. The summed E-state index contributed by atoms with van der Waals surface area (Å²) in [5.74, 6) is 1.20. The summed E-state index contributed by atoms with van der Waals surface area (Å²) in [6, 6.07) is 0. The molecule has 5 heteroatoms. The van der Waals surface area contributed by atoms with E-state index in [-0.39, 0.29) is 4.75 Å². The van der Waals surface area contributed by atoms with Gasteiger partial charge in [0.1, 0.15) is 0 Å². The van der Waals surface area contributed by atoms with Crippen LogP contribution < -0.4 is 5.73 Å². The van der Waals surface area contributed by atoms with Gasteiger partial charge in [0.15, 0.2) is 0 Å². The van der Waals surface area contributed by atoms with E-state index in [0.717, 1.165) is 13.0 Å². The fourth-order valence-electron chi connectivity index (χ4n) is 2.01. The zero-order chi connectivity index (χ0) is 10.0. The zero-order valence-electron chi connectivity index (χ0n) is 8.44. The Balaban J connectivity index is 2.35. The van der Waals surface area contributed by atoms with E-state index in [0.29, 0.717) is 6.54 Å². The van der Waals surface area contributed by atoms with E-state index in [1.54, 1.807) is 0 Å². The SMILES string of the molecule is CCn1nncc1C1(CN)CCCS1. The van der Waals surface area contributed by atoms with Crippen molar-refractivity contribution in [2.24, 2.45) is 5.73 Å². The van der Waals surface area contributed by atoms with Gasteiger partial charge in [-0.1, -0.05) is 5.21 Å². The maximum Gasteiger partial charge on any atom is 0.0760 e. The normalized spacial score (nSPS) is 27.0. The van der Waals surface area contributed by atoms with Crippen LogP contribution in [-0.4, -0.2) is 27.3 Å². The van der Waals surface area contributed by atoms with Crippen molar-refractivity contribution in [2.45, 2.75) is 31.1 Å². The molecule has 0 radical (unpaired) electrons. The minimum absolute atomic E-state index is 0.0828. The van der Waals surface area contributed by atoms with Crippen LogP contribution in [0, 0.1) is 0 Å². The molecule has 0 aliphatic carbocycles. The van der Waals surface area contributed by atoms with Crippen LogP contribution in [0.5, 0.6) is 0 Å². The van der Waals surface area contributed by atoms with E-state index in [9.17, 15) is 0 Å². The Bertz CT molecular complexity index is 304. The Morgan fingerprint density at radius 2 is 2.57 bits per heavy atom. The molecule has 2 heterocycles. The highest BCUT2D eigenvalue weighted by Gasteiger charge is 2.38. The number of hydrogen-bond acceptors (Lipinski definition) is 4. The number of rotatable bonds is 3. The molecule has 1 fully saturated rings. The van der Waals surface area contributed by atoms with Crippen molar-refractivity contribution >= 4 is 11.8 Å². The third-order valence-electron chi connectivity index (χ3n) is 2.82. The fourth-order valence-corrected chi connectivity index (χ4v) is 3.40. The standard InChI is InChI=1S/C9H16N4S/c1-2-13-8(6-11-12-13)9(7-10)4-3-5-14-9/h6H,2-5,7,10H2,1H3. The molecular formula is C9H16N4S. The summed E-state index contributed by atoms with van der Waals surface area (Å²) >= 11 is 1.95. The summed E-state index contributed by atoms with van der Waals surface area (Å²) in [6.07, 6.45) is 4.27. The van der Waals surface area contributed by atoms with Crippen LogP contribution in [0.2, 0.25) is 0 Å². The van der Waals surface area contributed by atoms with E-state index in [1.807, 2.05) is 22.6 Å². The van der Waals surface area contributed by atoms with Crippen molar-refractivity contribution in [2.75, 3.05) is 12.3 Å². The summed E-state index contributed by atoms with van der Waals surface area (Å²) in [6.45, 7) is 3.64. The molecule has 4 nitrogen and oxygen atoms in total. The van der Waals surface area contributed by atoms with Gasteiger partial charge in [-0.3, -0.25) is 0 Å². The first-order chi connectivity index (χ1) is 6.82. The largest absolute Gasteiger partial charge is 0.329 e. The topological polar surface area (TPSA) is 56.7 Å². The number of nitrogens with two attached hydrogens (primary N) is 1. The first kappa shape index (κ1) is 9.98. The van der Waals surface area contributed by atoms with E-state index in [1.165, 1.54) is 17.9 Å². The zero-order valence-corrected chi connectivity index (χ0v) is 9.26. The molecule has 2 N–H and O–H groups in total. The van der Waals surface area contributed by atoms with Crippen molar-refractivity contribution in [1.29, 1.82) is 0 Å². The van der Waals surface area contributed by atoms with E-state index in [4.69, 9.17) is 5.73 Å². The Labute approximate surface area is 88.2 Å². The van der Waals surface area contributed by atoms with Crippen molar-refractivity contribution in [3.05, 3.63) is 11.9 Å². The monoisotopic (exact) mass is 212 g/mol. The van der Waals surface area contributed by atoms with Gasteiger partial charge in [-0.2, -0.15) is 0 Å². The van der Waals surface area contributed by atoms with Gasteiger partial charge < -0.3 is 5.73 Å². The van der Waals surface area contributed by atoms with Gasteiger partial charge in [-0.05, 0) is 25.5 Å². The maximum atomic E-state index is 5.89. The number of thioether (sulfide) groups is 1. The summed E-state index contributed by atoms with van der Waals surface area (Å²) in [4.78, 5) is 0. The minimum Gasteiger partial charge on any atom is -0.329 e. The molecule has 0 saturated carbocycles. The van der Waals surface area contributed by atoms with Gasteiger partial charge in [-0.25, -0.2) is 4.68 Å². The van der Waals surface area contributed by atoms with Gasteiger partial charge in [0, 0.05) is 13.1 Å². The molecule has 2 rings (SSSR count). The Hall–Kier alpha value is -0.550. The smallest absolute Gasteiger partial charge is 0.0760 e. The van der Waals surface area contributed by atoms with Crippen molar-refractivity contribution in [3.8, 4) is 0 Å². The van der Waals surface area contributed by atoms with Crippen LogP contribution >= 0.6 is 11.8 Å². The van der Waals surface area contributed by atoms with Crippen LogP contribution in [-0.2, 0) is 11.3 Å². The molecule has 1 aliphatic rings. The number of aromatic nitrogens is 3.